The van der Waals surface area contributed by atoms with Crippen molar-refractivity contribution in [1.29, 1.82) is 5.26 Å². The molecule has 1 unspecified atom stereocenters. The van der Waals surface area contributed by atoms with E-state index in [0.717, 1.165) is 5.56 Å². The van der Waals surface area contributed by atoms with Gasteiger partial charge in [0.05, 0.1) is 25.4 Å². The van der Waals surface area contributed by atoms with Crippen molar-refractivity contribution in [3.05, 3.63) is 41.1 Å². The smallest absolute Gasteiger partial charge is 0.258 e. The van der Waals surface area contributed by atoms with E-state index in [1.165, 1.54) is 6.20 Å². The molecule has 2 N–H and O–H groups in total. The SMILES string of the molecule is [C-]#[N+]/C(C#N)=C\Cc1c[nH]c2ncc(OC(C)CO)nc12. The number of aliphatic hydroxyl groups excluding tert-OH is 1. The van der Waals surface area contributed by atoms with Crippen LogP contribution in [0.15, 0.2) is 24.2 Å². The van der Waals surface area contributed by atoms with Crippen molar-refractivity contribution in [2.75, 3.05) is 6.61 Å². The number of aliphatic hydroxyl groups is 1. The van der Waals surface area contributed by atoms with Crippen LogP contribution in [0.25, 0.3) is 16.0 Å². The van der Waals surface area contributed by atoms with Gasteiger partial charge in [-0.1, -0.05) is 6.08 Å². The van der Waals surface area contributed by atoms with Crippen LogP contribution in [0.5, 0.6) is 5.88 Å². The Balaban J connectivity index is 2.29. The number of aromatic nitrogens is 3. The van der Waals surface area contributed by atoms with E-state index in [1.807, 2.05) is 6.07 Å². The largest absolute Gasteiger partial charge is 0.471 e. The molecular weight excluding hydrogens is 270 g/mol. The Morgan fingerprint density at radius 2 is 2.52 bits per heavy atom. The second kappa shape index (κ2) is 6.51. The molecule has 0 saturated heterocycles. The maximum atomic E-state index is 8.98. The van der Waals surface area contributed by atoms with Gasteiger partial charge in [0.2, 0.25) is 5.88 Å². The van der Waals surface area contributed by atoms with E-state index in [2.05, 4.69) is 19.8 Å². The number of ether oxygens (including phenoxy) is 1. The molecule has 0 aromatic carbocycles. The summed E-state index contributed by atoms with van der Waals surface area (Å²) in [6, 6.07) is 1.82. The molecule has 7 nitrogen and oxygen atoms in total. The summed E-state index contributed by atoms with van der Waals surface area (Å²) in [5.74, 6) is 0.319. The summed E-state index contributed by atoms with van der Waals surface area (Å²) in [7, 11) is 0. The molecule has 2 aromatic rings. The number of H-pyrrole nitrogens is 1. The fraction of sp³-hybridized carbons (Fsp3) is 0.286. The van der Waals surface area contributed by atoms with E-state index in [-0.39, 0.29) is 18.4 Å². The Kier molecular flexibility index (Phi) is 4.50. The van der Waals surface area contributed by atoms with Gasteiger partial charge in [0.15, 0.2) is 5.65 Å². The Morgan fingerprint density at radius 1 is 1.71 bits per heavy atom. The summed E-state index contributed by atoms with van der Waals surface area (Å²) < 4.78 is 5.41. The third-order valence-electron chi connectivity index (χ3n) is 2.77. The molecule has 0 amide bonds. The molecule has 1 atom stereocenters. The summed E-state index contributed by atoms with van der Waals surface area (Å²) in [5.41, 5.74) is 2.08. The average Bonchev–Trinajstić information content (AvgIpc) is 2.91. The van der Waals surface area contributed by atoms with Gasteiger partial charge in [-0.25, -0.2) is 20.1 Å². The minimum Gasteiger partial charge on any atom is -0.471 e. The zero-order chi connectivity index (χ0) is 15.2. The summed E-state index contributed by atoms with van der Waals surface area (Å²) in [5, 5.41) is 17.7. The predicted octanol–water partition coefficient (Wildman–Crippen LogP) is 1.59. The molecule has 0 aliphatic carbocycles. The van der Waals surface area contributed by atoms with Gasteiger partial charge in [0.1, 0.15) is 11.6 Å². The standard InChI is InChI=1S/C14H13N5O2/c1-9(8-20)21-12-7-18-14-13(19-12)10(6-17-14)3-4-11(5-15)16-2/h4,6-7,9,20H,3,8H2,1H3,(H,17,18)/b11-4-. The van der Waals surface area contributed by atoms with E-state index < -0.39 is 0 Å². The van der Waals surface area contributed by atoms with Crippen molar-refractivity contribution < 1.29 is 9.84 Å². The minimum absolute atomic E-state index is 0.0404. The van der Waals surface area contributed by atoms with Crippen LogP contribution < -0.4 is 4.74 Å². The normalized spacial score (nSPS) is 12.7. The van der Waals surface area contributed by atoms with Crippen LogP contribution in [0.2, 0.25) is 0 Å². The maximum Gasteiger partial charge on any atom is 0.258 e. The lowest BCUT2D eigenvalue weighted by Gasteiger charge is -2.10. The highest BCUT2D eigenvalue weighted by Gasteiger charge is 2.10. The average molecular weight is 283 g/mol. The van der Waals surface area contributed by atoms with Gasteiger partial charge in [-0.15, -0.1) is 0 Å². The first-order valence-electron chi connectivity index (χ1n) is 6.26. The summed E-state index contributed by atoms with van der Waals surface area (Å²) in [6.45, 7) is 8.45. The van der Waals surface area contributed by atoms with Crippen LogP contribution in [-0.2, 0) is 6.42 Å². The van der Waals surface area contributed by atoms with Crippen LogP contribution >= 0.6 is 0 Å². The Hall–Kier alpha value is -2.90. The predicted molar refractivity (Wildman–Crippen MR) is 75.1 cm³/mol. The van der Waals surface area contributed by atoms with Crippen LogP contribution in [0.3, 0.4) is 0 Å². The Morgan fingerprint density at radius 3 is 3.19 bits per heavy atom. The number of nitrogens with one attached hydrogen (secondary N) is 1. The van der Waals surface area contributed by atoms with Crippen molar-refractivity contribution in [3.63, 3.8) is 0 Å². The number of rotatable bonds is 5. The Bertz CT molecular complexity index is 735. The fourth-order valence-electron chi connectivity index (χ4n) is 1.70. The zero-order valence-electron chi connectivity index (χ0n) is 11.4. The van der Waals surface area contributed by atoms with Gasteiger partial charge in [-0.05, 0) is 13.3 Å². The Labute approximate surface area is 121 Å². The molecular formula is C14H13N5O2. The molecule has 7 heteroatoms. The third kappa shape index (κ3) is 3.35. The van der Waals surface area contributed by atoms with E-state index in [1.54, 1.807) is 19.2 Å². The lowest BCUT2D eigenvalue weighted by Crippen LogP contribution is -2.17. The number of hydrogen-bond acceptors (Lipinski definition) is 5. The molecule has 21 heavy (non-hydrogen) atoms. The summed E-state index contributed by atoms with van der Waals surface area (Å²) in [6.07, 6.45) is 4.79. The number of nitrogens with zero attached hydrogens (tertiary/aromatic N) is 4. The molecule has 0 aliphatic heterocycles. The molecule has 106 valence electrons. The van der Waals surface area contributed by atoms with Gasteiger partial charge in [-0.2, -0.15) is 0 Å². The molecule has 2 heterocycles. The van der Waals surface area contributed by atoms with Crippen LogP contribution in [0, 0.1) is 17.9 Å². The third-order valence-corrected chi connectivity index (χ3v) is 2.77. The van der Waals surface area contributed by atoms with Crippen LogP contribution in [0.1, 0.15) is 12.5 Å². The molecule has 2 aromatic heterocycles. The van der Waals surface area contributed by atoms with Crippen LogP contribution in [-0.4, -0.2) is 32.8 Å². The first kappa shape index (κ1) is 14.5. The lowest BCUT2D eigenvalue weighted by molar-refractivity contribution is 0.125. The summed E-state index contributed by atoms with van der Waals surface area (Å²) >= 11 is 0. The lowest BCUT2D eigenvalue weighted by atomic mass is 10.2. The monoisotopic (exact) mass is 283 g/mol. The van der Waals surface area contributed by atoms with E-state index in [4.69, 9.17) is 21.7 Å². The minimum atomic E-state index is -0.369. The number of nitriles is 1. The topological polar surface area (TPSA) is 99.2 Å². The van der Waals surface area contributed by atoms with E-state index in [9.17, 15) is 0 Å². The molecule has 0 aliphatic rings. The number of aromatic amines is 1. The first-order chi connectivity index (χ1) is 10.2. The van der Waals surface area contributed by atoms with E-state index in [0.29, 0.717) is 23.5 Å². The van der Waals surface area contributed by atoms with Crippen LogP contribution in [0.4, 0.5) is 0 Å². The highest BCUT2D eigenvalue weighted by Crippen LogP contribution is 2.19. The molecule has 0 bridgehead atoms. The van der Waals surface area contributed by atoms with Crippen molar-refractivity contribution in [3.8, 4) is 11.9 Å². The quantitative estimate of drug-likeness (QED) is 0.641. The number of fused-ring (bicyclic) bond motifs is 1. The number of hydrogen-bond donors (Lipinski definition) is 2. The highest BCUT2D eigenvalue weighted by molar-refractivity contribution is 5.75. The summed E-state index contributed by atoms with van der Waals surface area (Å²) in [4.78, 5) is 14.6. The van der Waals surface area contributed by atoms with Gasteiger partial charge in [0, 0.05) is 11.8 Å². The second-order valence-corrected chi connectivity index (χ2v) is 4.35. The van der Waals surface area contributed by atoms with Gasteiger partial charge in [-0.3, -0.25) is 0 Å². The molecule has 0 radical (unpaired) electrons. The zero-order valence-corrected chi connectivity index (χ0v) is 11.4. The first-order valence-corrected chi connectivity index (χ1v) is 6.26. The highest BCUT2D eigenvalue weighted by atomic mass is 16.5. The van der Waals surface area contributed by atoms with Crippen molar-refractivity contribution in [1.82, 2.24) is 15.0 Å². The van der Waals surface area contributed by atoms with E-state index >= 15 is 0 Å². The molecule has 0 saturated carbocycles. The van der Waals surface area contributed by atoms with Gasteiger partial charge < -0.3 is 14.8 Å². The second-order valence-electron chi connectivity index (χ2n) is 4.35. The molecule has 0 fully saturated rings. The molecule has 2 rings (SSSR count). The maximum absolute atomic E-state index is 8.98. The van der Waals surface area contributed by atoms with Crippen molar-refractivity contribution in [2.24, 2.45) is 0 Å². The molecule has 0 spiro atoms. The van der Waals surface area contributed by atoms with Gasteiger partial charge >= 0.3 is 0 Å². The van der Waals surface area contributed by atoms with Crippen molar-refractivity contribution in [2.45, 2.75) is 19.4 Å². The van der Waals surface area contributed by atoms with Crippen molar-refractivity contribution >= 4 is 11.2 Å². The van der Waals surface area contributed by atoms with Gasteiger partial charge in [0.25, 0.3) is 5.70 Å². The fourth-order valence-corrected chi connectivity index (χ4v) is 1.70. The number of allylic oxidation sites excluding steroid dienone is 2.